The van der Waals surface area contributed by atoms with Crippen LogP contribution < -0.4 is 10.6 Å². The van der Waals surface area contributed by atoms with E-state index in [1.54, 1.807) is 13.8 Å². The van der Waals surface area contributed by atoms with E-state index in [4.69, 9.17) is 4.74 Å². The molecule has 1 fully saturated rings. The van der Waals surface area contributed by atoms with E-state index in [2.05, 4.69) is 10.6 Å². The standard InChI is InChI=1S/C14H24N2O4/c1-9(2)13(18)20-10(3)12(17)16-14(19)15-11-7-5-4-6-8-11/h9-11H,4-8H2,1-3H3,(H2,15,16,17,19)/t10-/m1/s1. The van der Waals surface area contributed by atoms with Crippen molar-refractivity contribution in [3.63, 3.8) is 0 Å². The number of carbonyl (C=O) groups excluding carboxylic acids is 3. The fraction of sp³-hybridized carbons (Fsp3) is 0.786. The van der Waals surface area contributed by atoms with Crippen LogP contribution in [-0.2, 0) is 14.3 Å². The minimum atomic E-state index is -0.970. The molecular formula is C14H24N2O4. The average Bonchev–Trinajstić information content (AvgIpc) is 2.39. The minimum Gasteiger partial charge on any atom is -0.452 e. The summed E-state index contributed by atoms with van der Waals surface area (Å²) >= 11 is 0. The van der Waals surface area contributed by atoms with E-state index in [0.717, 1.165) is 25.7 Å². The van der Waals surface area contributed by atoms with Gasteiger partial charge in [-0.1, -0.05) is 33.1 Å². The summed E-state index contributed by atoms with van der Waals surface area (Å²) in [6, 6.07) is -0.389. The number of imide groups is 1. The van der Waals surface area contributed by atoms with Gasteiger partial charge in [0.1, 0.15) is 0 Å². The molecule has 0 radical (unpaired) electrons. The van der Waals surface area contributed by atoms with E-state index in [9.17, 15) is 14.4 Å². The molecule has 0 aromatic carbocycles. The first-order valence-electron chi connectivity index (χ1n) is 7.22. The number of nitrogens with one attached hydrogen (secondary N) is 2. The van der Waals surface area contributed by atoms with Crippen LogP contribution in [0.3, 0.4) is 0 Å². The average molecular weight is 284 g/mol. The quantitative estimate of drug-likeness (QED) is 0.770. The van der Waals surface area contributed by atoms with Crippen LogP contribution in [0.5, 0.6) is 0 Å². The summed E-state index contributed by atoms with van der Waals surface area (Å²) in [6.07, 6.45) is 4.31. The number of hydrogen-bond acceptors (Lipinski definition) is 4. The van der Waals surface area contributed by atoms with Gasteiger partial charge >= 0.3 is 12.0 Å². The van der Waals surface area contributed by atoms with E-state index in [-0.39, 0.29) is 12.0 Å². The number of ether oxygens (including phenoxy) is 1. The summed E-state index contributed by atoms with van der Waals surface area (Å²) in [7, 11) is 0. The molecule has 6 nitrogen and oxygen atoms in total. The third kappa shape index (κ3) is 5.59. The molecule has 1 aliphatic rings. The van der Waals surface area contributed by atoms with Gasteiger partial charge in [0.15, 0.2) is 6.10 Å². The van der Waals surface area contributed by atoms with Gasteiger partial charge in [0.2, 0.25) is 0 Å². The van der Waals surface area contributed by atoms with Crippen LogP contribution in [0.4, 0.5) is 4.79 Å². The molecule has 1 rings (SSSR count). The molecule has 1 aliphatic carbocycles. The summed E-state index contributed by atoms with van der Waals surface area (Å²) in [5.41, 5.74) is 0. The lowest BCUT2D eigenvalue weighted by atomic mass is 9.96. The van der Waals surface area contributed by atoms with Crippen molar-refractivity contribution in [2.45, 2.75) is 65.0 Å². The second kappa shape index (κ2) is 7.87. The Morgan fingerprint density at radius 3 is 2.20 bits per heavy atom. The molecule has 0 aliphatic heterocycles. The van der Waals surface area contributed by atoms with E-state index in [0.29, 0.717) is 0 Å². The first kappa shape index (κ1) is 16.5. The molecule has 6 heteroatoms. The van der Waals surface area contributed by atoms with E-state index in [1.807, 2.05) is 0 Å². The van der Waals surface area contributed by atoms with Gasteiger partial charge in [-0.3, -0.25) is 14.9 Å². The van der Waals surface area contributed by atoms with Gasteiger partial charge in [-0.15, -0.1) is 0 Å². The Hall–Kier alpha value is -1.59. The lowest BCUT2D eigenvalue weighted by Gasteiger charge is -2.23. The third-order valence-corrected chi connectivity index (χ3v) is 3.31. The number of hydrogen-bond donors (Lipinski definition) is 2. The highest BCUT2D eigenvalue weighted by atomic mass is 16.5. The van der Waals surface area contributed by atoms with Crippen molar-refractivity contribution >= 4 is 17.9 Å². The lowest BCUT2D eigenvalue weighted by Crippen LogP contribution is -2.48. The predicted octanol–water partition coefficient (Wildman–Crippen LogP) is 1.73. The van der Waals surface area contributed by atoms with Gasteiger partial charge in [0.25, 0.3) is 5.91 Å². The van der Waals surface area contributed by atoms with E-state index in [1.165, 1.54) is 13.3 Å². The number of carbonyl (C=O) groups is 3. The zero-order chi connectivity index (χ0) is 15.1. The highest BCUT2D eigenvalue weighted by molar-refractivity contribution is 5.97. The van der Waals surface area contributed by atoms with E-state index < -0.39 is 24.0 Å². The van der Waals surface area contributed by atoms with E-state index >= 15 is 0 Å². The van der Waals surface area contributed by atoms with Gasteiger partial charge in [-0.2, -0.15) is 0 Å². The molecule has 114 valence electrons. The highest BCUT2D eigenvalue weighted by Gasteiger charge is 2.22. The van der Waals surface area contributed by atoms with Gasteiger partial charge in [-0.05, 0) is 19.8 Å². The van der Waals surface area contributed by atoms with Crippen LogP contribution in [0.25, 0.3) is 0 Å². The monoisotopic (exact) mass is 284 g/mol. The highest BCUT2D eigenvalue weighted by Crippen LogP contribution is 2.17. The smallest absolute Gasteiger partial charge is 0.321 e. The topological polar surface area (TPSA) is 84.5 Å². The minimum absolute atomic E-state index is 0.130. The molecule has 0 heterocycles. The third-order valence-electron chi connectivity index (χ3n) is 3.31. The molecule has 20 heavy (non-hydrogen) atoms. The molecular weight excluding hydrogens is 260 g/mol. The zero-order valence-corrected chi connectivity index (χ0v) is 12.4. The Morgan fingerprint density at radius 2 is 1.65 bits per heavy atom. The summed E-state index contributed by atoms with van der Waals surface area (Å²) < 4.78 is 4.93. The lowest BCUT2D eigenvalue weighted by molar-refractivity contribution is -0.157. The first-order valence-corrected chi connectivity index (χ1v) is 7.22. The van der Waals surface area contributed by atoms with Crippen molar-refractivity contribution in [2.24, 2.45) is 5.92 Å². The Kier molecular flexibility index (Phi) is 6.48. The van der Waals surface area contributed by atoms with Gasteiger partial charge in [0, 0.05) is 6.04 Å². The maximum Gasteiger partial charge on any atom is 0.321 e. The molecule has 2 N–H and O–H groups in total. The predicted molar refractivity (Wildman–Crippen MR) is 73.9 cm³/mol. The van der Waals surface area contributed by atoms with Crippen LogP contribution in [0, 0.1) is 5.92 Å². The number of urea groups is 1. The molecule has 0 aromatic heterocycles. The largest absolute Gasteiger partial charge is 0.452 e. The van der Waals surface area contributed by atoms with Gasteiger partial charge in [-0.25, -0.2) is 4.79 Å². The molecule has 0 bridgehead atoms. The van der Waals surface area contributed by atoms with Crippen LogP contribution >= 0.6 is 0 Å². The van der Waals surface area contributed by atoms with Crippen LogP contribution in [0.15, 0.2) is 0 Å². The summed E-state index contributed by atoms with van der Waals surface area (Å²) in [4.78, 5) is 34.7. The van der Waals surface area contributed by atoms with Gasteiger partial charge < -0.3 is 10.1 Å². The second-order valence-electron chi connectivity index (χ2n) is 5.53. The first-order chi connectivity index (χ1) is 9.40. The Balaban J connectivity index is 2.32. The van der Waals surface area contributed by atoms with Crippen molar-refractivity contribution in [1.82, 2.24) is 10.6 Å². The summed E-state index contributed by atoms with van der Waals surface area (Å²) in [5, 5.41) is 4.97. The van der Waals surface area contributed by atoms with Crippen molar-refractivity contribution in [1.29, 1.82) is 0 Å². The normalized spacial score (nSPS) is 17.4. The van der Waals surface area contributed by atoms with Crippen molar-refractivity contribution in [3.05, 3.63) is 0 Å². The Labute approximate surface area is 119 Å². The van der Waals surface area contributed by atoms with Crippen LogP contribution in [-0.4, -0.2) is 30.1 Å². The summed E-state index contributed by atoms with van der Waals surface area (Å²) in [5.74, 6) is -1.37. The molecule has 0 unspecified atom stereocenters. The number of esters is 1. The SMILES string of the molecule is CC(C)C(=O)O[C@H](C)C(=O)NC(=O)NC1CCCCC1. The number of amides is 3. The molecule has 0 aromatic rings. The Morgan fingerprint density at radius 1 is 1.05 bits per heavy atom. The zero-order valence-electron chi connectivity index (χ0n) is 12.4. The number of rotatable bonds is 4. The summed E-state index contributed by atoms with van der Waals surface area (Å²) in [6.45, 7) is 4.81. The Bertz CT molecular complexity index is 362. The maximum atomic E-state index is 11.7. The second-order valence-corrected chi connectivity index (χ2v) is 5.53. The van der Waals surface area contributed by atoms with Crippen LogP contribution in [0.1, 0.15) is 52.9 Å². The van der Waals surface area contributed by atoms with Crippen LogP contribution in [0.2, 0.25) is 0 Å². The fourth-order valence-corrected chi connectivity index (χ4v) is 2.05. The molecule has 0 spiro atoms. The van der Waals surface area contributed by atoms with Crippen molar-refractivity contribution in [2.75, 3.05) is 0 Å². The maximum absolute atomic E-state index is 11.7. The molecule has 1 atom stereocenters. The van der Waals surface area contributed by atoms with Crippen molar-refractivity contribution in [3.8, 4) is 0 Å². The van der Waals surface area contributed by atoms with Crippen molar-refractivity contribution < 1.29 is 19.1 Å². The molecule has 0 saturated heterocycles. The molecule has 3 amide bonds. The molecule has 1 saturated carbocycles. The fourth-order valence-electron chi connectivity index (χ4n) is 2.05. The van der Waals surface area contributed by atoms with Gasteiger partial charge in [0.05, 0.1) is 5.92 Å².